The Morgan fingerprint density at radius 1 is 0.947 bits per heavy atom. The van der Waals surface area contributed by atoms with E-state index in [0.717, 1.165) is 11.2 Å². The Hall–Kier alpha value is -2.53. The molecule has 0 atom stereocenters. The van der Waals surface area contributed by atoms with Gasteiger partial charge in [0.25, 0.3) is 0 Å². The number of para-hydroxylation sites is 1. The Balaban J connectivity index is 2.06. The van der Waals surface area contributed by atoms with Gasteiger partial charge in [-0.15, -0.1) is 0 Å². The lowest BCUT2D eigenvalue weighted by atomic mass is 10.3. The van der Waals surface area contributed by atoms with Gasteiger partial charge in [-0.05, 0) is 24.3 Å². The van der Waals surface area contributed by atoms with Crippen molar-refractivity contribution >= 4 is 22.7 Å². The van der Waals surface area contributed by atoms with Gasteiger partial charge in [0, 0.05) is 18.1 Å². The van der Waals surface area contributed by atoms with Gasteiger partial charge in [-0.3, -0.25) is 4.98 Å². The summed E-state index contributed by atoms with van der Waals surface area (Å²) in [5, 5.41) is 9.55. The minimum atomic E-state index is -0.150. The second-order valence-electron chi connectivity index (χ2n) is 3.97. The van der Waals surface area contributed by atoms with Crippen molar-refractivity contribution < 1.29 is 5.11 Å². The number of nitrogens with zero attached hydrogens (tertiary/aromatic N) is 4. The molecule has 0 radical (unpaired) electrons. The molecule has 5 nitrogen and oxygen atoms in total. The average Bonchev–Trinajstić information content (AvgIpc) is 2.49. The zero-order chi connectivity index (χ0) is 13.1. The van der Waals surface area contributed by atoms with Crippen LogP contribution in [-0.4, -0.2) is 26.8 Å². The molecule has 0 aliphatic rings. The first-order valence-electron chi connectivity index (χ1n) is 5.90. The SMILES string of the molecule is OCN(c1ccccc1)c1ccc2nccnc2n1. The van der Waals surface area contributed by atoms with E-state index in [1.807, 2.05) is 42.5 Å². The van der Waals surface area contributed by atoms with Gasteiger partial charge in [0.1, 0.15) is 18.1 Å². The third-order valence-corrected chi connectivity index (χ3v) is 2.80. The topological polar surface area (TPSA) is 62.1 Å². The number of aromatic nitrogens is 3. The van der Waals surface area contributed by atoms with Crippen LogP contribution in [0.25, 0.3) is 11.2 Å². The van der Waals surface area contributed by atoms with Gasteiger partial charge in [0.2, 0.25) is 0 Å². The summed E-state index contributed by atoms with van der Waals surface area (Å²) in [4.78, 5) is 14.5. The van der Waals surface area contributed by atoms with Crippen molar-refractivity contribution in [2.75, 3.05) is 11.6 Å². The molecule has 3 rings (SSSR count). The van der Waals surface area contributed by atoms with Crippen LogP contribution >= 0.6 is 0 Å². The van der Waals surface area contributed by atoms with E-state index in [4.69, 9.17) is 0 Å². The maximum absolute atomic E-state index is 9.55. The normalized spacial score (nSPS) is 10.6. The summed E-state index contributed by atoms with van der Waals surface area (Å²) in [5.41, 5.74) is 2.17. The molecule has 0 unspecified atom stereocenters. The zero-order valence-corrected chi connectivity index (χ0v) is 10.1. The summed E-state index contributed by atoms with van der Waals surface area (Å²) in [6, 6.07) is 13.3. The quantitative estimate of drug-likeness (QED) is 0.723. The summed E-state index contributed by atoms with van der Waals surface area (Å²) in [7, 11) is 0. The number of pyridine rings is 1. The van der Waals surface area contributed by atoms with Gasteiger partial charge in [0.05, 0.1) is 0 Å². The largest absolute Gasteiger partial charge is 0.376 e. The molecule has 94 valence electrons. The number of rotatable bonds is 3. The van der Waals surface area contributed by atoms with Crippen molar-refractivity contribution in [3.05, 3.63) is 54.9 Å². The van der Waals surface area contributed by atoms with Crippen molar-refractivity contribution in [1.29, 1.82) is 0 Å². The minimum Gasteiger partial charge on any atom is -0.376 e. The fourth-order valence-corrected chi connectivity index (χ4v) is 1.89. The third kappa shape index (κ3) is 2.23. The highest BCUT2D eigenvalue weighted by Gasteiger charge is 2.10. The summed E-state index contributed by atoms with van der Waals surface area (Å²) in [5.74, 6) is 0.640. The van der Waals surface area contributed by atoms with E-state index in [-0.39, 0.29) is 6.73 Å². The number of anilines is 2. The van der Waals surface area contributed by atoms with Crippen LogP contribution in [0.4, 0.5) is 11.5 Å². The van der Waals surface area contributed by atoms with Gasteiger partial charge < -0.3 is 10.0 Å². The van der Waals surface area contributed by atoms with Gasteiger partial charge in [-0.25, -0.2) is 9.97 Å². The van der Waals surface area contributed by atoms with E-state index in [0.29, 0.717) is 11.5 Å². The van der Waals surface area contributed by atoms with Crippen LogP contribution in [-0.2, 0) is 0 Å². The van der Waals surface area contributed by atoms with Crippen molar-refractivity contribution in [1.82, 2.24) is 15.0 Å². The molecular weight excluding hydrogens is 240 g/mol. The van der Waals surface area contributed by atoms with Crippen molar-refractivity contribution in [2.45, 2.75) is 0 Å². The van der Waals surface area contributed by atoms with Crippen molar-refractivity contribution in [2.24, 2.45) is 0 Å². The lowest BCUT2D eigenvalue weighted by molar-refractivity contribution is 0.304. The Kier molecular flexibility index (Phi) is 3.04. The molecule has 2 heterocycles. The summed E-state index contributed by atoms with van der Waals surface area (Å²) in [6.45, 7) is -0.150. The van der Waals surface area contributed by atoms with E-state index < -0.39 is 0 Å². The molecule has 0 spiro atoms. The Bertz CT molecular complexity index is 687. The minimum absolute atomic E-state index is 0.150. The number of aliphatic hydroxyl groups excluding tert-OH is 1. The number of hydrogen-bond acceptors (Lipinski definition) is 5. The lowest BCUT2D eigenvalue weighted by Crippen LogP contribution is -2.19. The molecule has 0 aliphatic carbocycles. The molecule has 5 heteroatoms. The van der Waals surface area contributed by atoms with Crippen LogP contribution < -0.4 is 4.90 Å². The molecule has 0 saturated heterocycles. The van der Waals surface area contributed by atoms with Crippen molar-refractivity contribution in [3.63, 3.8) is 0 Å². The second-order valence-corrected chi connectivity index (χ2v) is 3.97. The van der Waals surface area contributed by atoms with Crippen LogP contribution in [0.15, 0.2) is 54.9 Å². The number of fused-ring (bicyclic) bond motifs is 1. The Labute approximate surface area is 110 Å². The predicted octanol–water partition coefficient (Wildman–Crippen LogP) is 2.11. The van der Waals surface area contributed by atoms with E-state index in [9.17, 15) is 5.11 Å². The fraction of sp³-hybridized carbons (Fsp3) is 0.0714. The smallest absolute Gasteiger partial charge is 0.180 e. The van der Waals surface area contributed by atoms with E-state index in [1.165, 1.54) is 0 Å². The number of aliphatic hydroxyl groups is 1. The standard InChI is InChI=1S/C14H12N4O/c19-10-18(11-4-2-1-3-5-11)13-7-6-12-14(17-13)16-9-8-15-12/h1-9,19H,10H2. The molecule has 0 saturated carbocycles. The zero-order valence-electron chi connectivity index (χ0n) is 10.1. The highest BCUT2D eigenvalue weighted by atomic mass is 16.3. The molecule has 1 N–H and O–H groups in total. The molecule has 3 aromatic rings. The number of benzene rings is 1. The summed E-state index contributed by atoms with van der Waals surface area (Å²) in [6.07, 6.45) is 3.23. The second kappa shape index (κ2) is 4.99. The molecule has 1 aromatic carbocycles. The molecule has 0 bridgehead atoms. The van der Waals surface area contributed by atoms with Crippen LogP contribution in [0.3, 0.4) is 0 Å². The van der Waals surface area contributed by atoms with Gasteiger partial charge >= 0.3 is 0 Å². The predicted molar refractivity (Wildman–Crippen MR) is 73.0 cm³/mol. The maximum Gasteiger partial charge on any atom is 0.180 e. The van der Waals surface area contributed by atoms with Crippen LogP contribution in [0.1, 0.15) is 0 Å². The highest BCUT2D eigenvalue weighted by molar-refractivity contribution is 5.73. The Morgan fingerprint density at radius 2 is 1.74 bits per heavy atom. The molecule has 2 aromatic heterocycles. The van der Waals surface area contributed by atoms with E-state index >= 15 is 0 Å². The lowest BCUT2D eigenvalue weighted by Gasteiger charge is -2.20. The van der Waals surface area contributed by atoms with Crippen LogP contribution in [0, 0.1) is 0 Å². The highest BCUT2D eigenvalue weighted by Crippen LogP contribution is 2.23. The molecule has 0 fully saturated rings. The molecule has 0 amide bonds. The third-order valence-electron chi connectivity index (χ3n) is 2.80. The number of hydrogen-bond donors (Lipinski definition) is 1. The monoisotopic (exact) mass is 252 g/mol. The maximum atomic E-state index is 9.55. The van der Waals surface area contributed by atoms with Crippen LogP contribution in [0.2, 0.25) is 0 Å². The van der Waals surface area contributed by atoms with E-state index in [2.05, 4.69) is 15.0 Å². The van der Waals surface area contributed by atoms with Crippen molar-refractivity contribution in [3.8, 4) is 0 Å². The van der Waals surface area contributed by atoms with Gasteiger partial charge in [0.15, 0.2) is 5.65 Å². The Morgan fingerprint density at radius 3 is 2.53 bits per heavy atom. The molecule has 19 heavy (non-hydrogen) atoms. The first-order chi connectivity index (χ1) is 9.38. The fourth-order valence-electron chi connectivity index (χ4n) is 1.89. The van der Waals surface area contributed by atoms with Gasteiger partial charge in [-0.1, -0.05) is 18.2 Å². The first kappa shape index (κ1) is 11.6. The van der Waals surface area contributed by atoms with Crippen LogP contribution in [0.5, 0.6) is 0 Å². The van der Waals surface area contributed by atoms with E-state index in [1.54, 1.807) is 17.3 Å². The molecule has 0 aliphatic heterocycles. The van der Waals surface area contributed by atoms with Gasteiger partial charge in [-0.2, -0.15) is 0 Å². The summed E-state index contributed by atoms with van der Waals surface area (Å²) >= 11 is 0. The average molecular weight is 252 g/mol. The summed E-state index contributed by atoms with van der Waals surface area (Å²) < 4.78 is 0. The first-order valence-corrected chi connectivity index (χ1v) is 5.90. The molecular formula is C14H12N4O.